The molecule has 0 aliphatic carbocycles. The van der Waals surface area contributed by atoms with Gasteiger partial charge < -0.3 is 10.2 Å². The zero-order valence-corrected chi connectivity index (χ0v) is 7.26. The van der Waals surface area contributed by atoms with Gasteiger partial charge in [0.25, 0.3) is 0 Å². The Morgan fingerprint density at radius 2 is 2.00 bits per heavy atom. The molecule has 0 fully saturated rings. The SMILES string of the molecule is CC1=CC=C(N(C)C)NC=C1. The molecule has 0 atom stereocenters. The van der Waals surface area contributed by atoms with Crippen molar-refractivity contribution < 1.29 is 0 Å². The molecule has 0 amide bonds. The molecule has 0 aromatic rings. The van der Waals surface area contributed by atoms with Crippen LogP contribution in [0.1, 0.15) is 6.92 Å². The van der Waals surface area contributed by atoms with Crippen molar-refractivity contribution in [1.82, 2.24) is 10.2 Å². The normalized spacial score (nSPS) is 16.3. The molecule has 0 bridgehead atoms. The number of nitrogens with one attached hydrogen (secondary N) is 1. The van der Waals surface area contributed by atoms with Crippen LogP contribution in [0.25, 0.3) is 0 Å². The van der Waals surface area contributed by atoms with E-state index in [1.165, 1.54) is 5.57 Å². The molecule has 11 heavy (non-hydrogen) atoms. The summed E-state index contributed by atoms with van der Waals surface area (Å²) in [5.74, 6) is 1.11. The second kappa shape index (κ2) is 3.28. The molecule has 0 aromatic heterocycles. The van der Waals surface area contributed by atoms with Crippen LogP contribution in [0, 0.1) is 0 Å². The Bertz CT molecular complexity index is 222. The van der Waals surface area contributed by atoms with Crippen LogP contribution in [0.3, 0.4) is 0 Å². The second-order valence-corrected chi connectivity index (χ2v) is 2.83. The molecule has 1 heterocycles. The maximum absolute atomic E-state index is 3.17. The third kappa shape index (κ3) is 2.15. The first-order valence-electron chi connectivity index (χ1n) is 3.69. The Labute approximate surface area is 67.9 Å². The van der Waals surface area contributed by atoms with Crippen molar-refractivity contribution in [1.29, 1.82) is 0 Å². The molecule has 2 heteroatoms. The highest BCUT2D eigenvalue weighted by molar-refractivity contribution is 5.27. The van der Waals surface area contributed by atoms with E-state index in [1.54, 1.807) is 0 Å². The van der Waals surface area contributed by atoms with Gasteiger partial charge in [-0.05, 0) is 24.6 Å². The molecular formula is C9H14N2. The average Bonchev–Trinajstić information content (AvgIpc) is 2.13. The summed E-state index contributed by atoms with van der Waals surface area (Å²) in [6.07, 6.45) is 8.15. The predicted octanol–water partition coefficient (Wildman–Crippen LogP) is 1.45. The monoisotopic (exact) mass is 150 g/mol. The van der Waals surface area contributed by atoms with Gasteiger partial charge in [0.15, 0.2) is 0 Å². The summed E-state index contributed by atoms with van der Waals surface area (Å²) in [7, 11) is 4.03. The van der Waals surface area contributed by atoms with E-state index in [1.807, 2.05) is 31.3 Å². The van der Waals surface area contributed by atoms with Crippen LogP contribution in [0.2, 0.25) is 0 Å². The topological polar surface area (TPSA) is 15.3 Å². The summed E-state index contributed by atoms with van der Waals surface area (Å²) >= 11 is 0. The molecule has 0 saturated heterocycles. The molecule has 1 N–H and O–H groups in total. The van der Waals surface area contributed by atoms with E-state index in [0.29, 0.717) is 0 Å². The van der Waals surface area contributed by atoms with Gasteiger partial charge in [-0.25, -0.2) is 0 Å². The van der Waals surface area contributed by atoms with Gasteiger partial charge >= 0.3 is 0 Å². The minimum Gasteiger partial charge on any atom is -0.364 e. The van der Waals surface area contributed by atoms with Crippen molar-refractivity contribution in [3.05, 3.63) is 35.8 Å². The van der Waals surface area contributed by atoms with Gasteiger partial charge in [-0.2, -0.15) is 0 Å². The van der Waals surface area contributed by atoms with Crippen molar-refractivity contribution in [2.45, 2.75) is 6.92 Å². The second-order valence-electron chi connectivity index (χ2n) is 2.83. The molecule has 1 aliphatic rings. The van der Waals surface area contributed by atoms with Crippen molar-refractivity contribution in [2.24, 2.45) is 0 Å². The van der Waals surface area contributed by atoms with E-state index in [4.69, 9.17) is 0 Å². The zero-order chi connectivity index (χ0) is 8.27. The largest absolute Gasteiger partial charge is 0.364 e. The maximum atomic E-state index is 3.17. The van der Waals surface area contributed by atoms with E-state index in [9.17, 15) is 0 Å². The Morgan fingerprint density at radius 3 is 2.64 bits per heavy atom. The van der Waals surface area contributed by atoms with Crippen LogP contribution in [-0.2, 0) is 0 Å². The number of hydrogen-bond acceptors (Lipinski definition) is 2. The lowest BCUT2D eigenvalue weighted by Crippen LogP contribution is -2.20. The van der Waals surface area contributed by atoms with E-state index in [2.05, 4.69) is 24.4 Å². The summed E-state index contributed by atoms with van der Waals surface area (Å²) in [6.45, 7) is 2.08. The van der Waals surface area contributed by atoms with Crippen LogP contribution < -0.4 is 5.32 Å². The van der Waals surface area contributed by atoms with Crippen molar-refractivity contribution in [2.75, 3.05) is 14.1 Å². The first-order chi connectivity index (χ1) is 5.20. The Kier molecular flexibility index (Phi) is 2.36. The van der Waals surface area contributed by atoms with Gasteiger partial charge in [-0.1, -0.05) is 6.08 Å². The summed E-state index contributed by atoms with van der Waals surface area (Å²) < 4.78 is 0. The molecule has 0 spiro atoms. The fraction of sp³-hybridized carbons (Fsp3) is 0.333. The van der Waals surface area contributed by atoms with Crippen LogP contribution in [-0.4, -0.2) is 19.0 Å². The first-order valence-corrected chi connectivity index (χ1v) is 3.69. The zero-order valence-electron chi connectivity index (χ0n) is 7.26. The fourth-order valence-electron chi connectivity index (χ4n) is 0.851. The molecular weight excluding hydrogens is 136 g/mol. The molecule has 0 aromatic carbocycles. The van der Waals surface area contributed by atoms with Gasteiger partial charge in [0.1, 0.15) is 5.82 Å². The van der Waals surface area contributed by atoms with E-state index in [-0.39, 0.29) is 0 Å². The van der Waals surface area contributed by atoms with Crippen molar-refractivity contribution in [3.63, 3.8) is 0 Å². The smallest absolute Gasteiger partial charge is 0.105 e. The summed E-state index contributed by atoms with van der Waals surface area (Å²) in [5.41, 5.74) is 1.26. The average molecular weight is 150 g/mol. The van der Waals surface area contributed by atoms with Gasteiger partial charge in [-0.3, -0.25) is 0 Å². The molecule has 60 valence electrons. The standard InChI is InChI=1S/C9H14N2/c1-8-4-5-9(11(2)3)10-7-6-8/h4-7,10H,1-3H3. The lowest BCUT2D eigenvalue weighted by Gasteiger charge is -2.15. The highest BCUT2D eigenvalue weighted by Gasteiger charge is 1.96. The summed E-state index contributed by atoms with van der Waals surface area (Å²) in [6, 6.07) is 0. The highest BCUT2D eigenvalue weighted by atomic mass is 15.2. The van der Waals surface area contributed by atoms with E-state index in [0.717, 1.165) is 5.82 Å². The molecule has 1 aliphatic heterocycles. The highest BCUT2D eigenvalue weighted by Crippen LogP contribution is 2.03. The van der Waals surface area contributed by atoms with Crippen molar-refractivity contribution >= 4 is 0 Å². The number of allylic oxidation sites excluding steroid dienone is 4. The Balaban J connectivity index is 2.78. The Morgan fingerprint density at radius 1 is 1.27 bits per heavy atom. The van der Waals surface area contributed by atoms with E-state index >= 15 is 0 Å². The van der Waals surface area contributed by atoms with Crippen LogP contribution in [0.4, 0.5) is 0 Å². The molecule has 2 nitrogen and oxygen atoms in total. The lowest BCUT2D eigenvalue weighted by atomic mass is 10.3. The van der Waals surface area contributed by atoms with Gasteiger partial charge in [0, 0.05) is 20.3 Å². The minimum absolute atomic E-state index is 1.11. The number of hydrogen-bond donors (Lipinski definition) is 1. The predicted molar refractivity (Wildman–Crippen MR) is 47.8 cm³/mol. The quantitative estimate of drug-likeness (QED) is 0.608. The van der Waals surface area contributed by atoms with Crippen LogP contribution >= 0.6 is 0 Å². The summed E-state index contributed by atoms with van der Waals surface area (Å²) in [4.78, 5) is 2.04. The molecule has 1 rings (SSSR count). The van der Waals surface area contributed by atoms with Crippen molar-refractivity contribution in [3.8, 4) is 0 Å². The van der Waals surface area contributed by atoms with Crippen LogP contribution in [0.15, 0.2) is 35.8 Å². The van der Waals surface area contributed by atoms with Gasteiger partial charge in [-0.15, -0.1) is 0 Å². The van der Waals surface area contributed by atoms with Crippen LogP contribution in [0.5, 0.6) is 0 Å². The lowest BCUT2D eigenvalue weighted by molar-refractivity contribution is 0.483. The minimum atomic E-state index is 1.11. The number of rotatable bonds is 1. The Hall–Kier alpha value is -1.18. The summed E-state index contributed by atoms with van der Waals surface area (Å²) in [5, 5.41) is 3.17. The number of nitrogens with zero attached hydrogens (tertiary/aromatic N) is 1. The van der Waals surface area contributed by atoms with Gasteiger partial charge in [0.05, 0.1) is 0 Å². The molecule has 0 unspecified atom stereocenters. The molecule has 0 saturated carbocycles. The fourth-order valence-corrected chi connectivity index (χ4v) is 0.851. The van der Waals surface area contributed by atoms with Gasteiger partial charge in [0.2, 0.25) is 0 Å². The third-order valence-corrected chi connectivity index (χ3v) is 1.56. The first kappa shape index (κ1) is 7.92. The molecule has 0 radical (unpaired) electrons. The third-order valence-electron chi connectivity index (χ3n) is 1.56. The maximum Gasteiger partial charge on any atom is 0.105 e. The van der Waals surface area contributed by atoms with E-state index < -0.39 is 0 Å².